The third-order valence-corrected chi connectivity index (χ3v) is 1.87. The van der Waals surface area contributed by atoms with Crippen LogP contribution >= 0.6 is 12.2 Å². The molecule has 15 heavy (non-hydrogen) atoms. The first kappa shape index (κ1) is 13.7. The molecule has 0 spiro atoms. The van der Waals surface area contributed by atoms with E-state index < -0.39 is 12.0 Å². The number of carbonyl (C=O) groups excluding carboxylic acids is 2. The Labute approximate surface area is 93.5 Å². The zero-order valence-corrected chi connectivity index (χ0v) is 9.50. The van der Waals surface area contributed by atoms with Gasteiger partial charge < -0.3 is 9.47 Å². The van der Waals surface area contributed by atoms with Gasteiger partial charge in [-0.25, -0.2) is 9.79 Å². The van der Waals surface area contributed by atoms with Crippen LogP contribution in [0.4, 0.5) is 0 Å². The van der Waals surface area contributed by atoms with Gasteiger partial charge in [0.25, 0.3) is 0 Å². The second-order valence-corrected chi connectivity index (χ2v) is 2.91. The van der Waals surface area contributed by atoms with Crippen molar-refractivity contribution in [3.63, 3.8) is 0 Å². The van der Waals surface area contributed by atoms with Crippen LogP contribution in [0.3, 0.4) is 0 Å². The van der Waals surface area contributed by atoms with Gasteiger partial charge in [0, 0.05) is 6.42 Å². The predicted molar refractivity (Wildman–Crippen MR) is 56.7 cm³/mol. The van der Waals surface area contributed by atoms with E-state index in [4.69, 9.17) is 0 Å². The lowest BCUT2D eigenvalue weighted by Gasteiger charge is -2.07. The third-order valence-electron chi connectivity index (χ3n) is 1.77. The van der Waals surface area contributed by atoms with Gasteiger partial charge in [-0.05, 0) is 25.1 Å². The van der Waals surface area contributed by atoms with E-state index in [0.29, 0.717) is 12.8 Å². The molecule has 0 aromatic heterocycles. The normalized spacial score (nSPS) is 11.1. The van der Waals surface area contributed by atoms with Crippen molar-refractivity contribution in [3.05, 3.63) is 0 Å². The van der Waals surface area contributed by atoms with Gasteiger partial charge >= 0.3 is 11.9 Å². The van der Waals surface area contributed by atoms with Crippen LogP contribution in [0.25, 0.3) is 0 Å². The molecule has 0 N–H and O–H groups in total. The molecular formula is C9H13NO4S. The molecule has 0 rings (SSSR count). The van der Waals surface area contributed by atoms with Gasteiger partial charge in [0.05, 0.1) is 19.4 Å². The number of hydrogen-bond donors (Lipinski definition) is 0. The van der Waals surface area contributed by atoms with Crippen molar-refractivity contribution in [2.45, 2.75) is 25.3 Å². The highest BCUT2D eigenvalue weighted by Gasteiger charge is 2.17. The van der Waals surface area contributed by atoms with E-state index in [1.165, 1.54) is 14.2 Å². The molecule has 0 amide bonds. The Balaban J connectivity index is 4.02. The molecule has 0 aliphatic carbocycles. The first-order chi connectivity index (χ1) is 7.15. The lowest BCUT2D eigenvalue weighted by molar-refractivity contribution is -0.143. The molecule has 1 atom stereocenters. The van der Waals surface area contributed by atoms with Crippen LogP contribution in [-0.4, -0.2) is 37.4 Å². The minimum atomic E-state index is -0.669. The molecule has 0 radical (unpaired) electrons. The number of nitrogens with zero attached hydrogens (tertiary/aromatic N) is 1. The van der Waals surface area contributed by atoms with Gasteiger partial charge in [-0.15, -0.1) is 0 Å². The van der Waals surface area contributed by atoms with E-state index in [9.17, 15) is 9.59 Å². The Kier molecular flexibility index (Phi) is 7.40. The highest BCUT2D eigenvalue weighted by atomic mass is 32.1. The quantitative estimate of drug-likeness (QED) is 0.387. The summed E-state index contributed by atoms with van der Waals surface area (Å²) in [5.74, 6) is -0.790. The number of carbonyl (C=O) groups is 2. The summed E-state index contributed by atoms with van der Waals surface area (Å²) >= 11 is 4.40. The Hall–Kier alpha value is -1.26. The molecular weight excluding hydrogens is 218 g/mol. The van der Waals surface area contributed by atoms with Crippen molar-refractivity contribution in [1.29, 1.82) is 0 Å². The maximum atomic E-state index is 11.1. The Morgan fingerprint density at radius 2 is 2.07 bits per heavy atom. The molecule has 5 nitrogen and oxygen atoms in total. The third kappa shape index (κ3) is 5.93. The topological polar surface area (TPSA) is 65.0 Å². The maximum absolute atomic E-state index is 11.1. The number of esters is 2. The number of hydrogen-bond acceptors (Lipinski definition) is 6. The molecule has 0 aliphatic heterocycles. The minimum absolute atomic E-state index is 0.247. The molecule has 0 unspecified atom stereocenters. The fourth-order valence-electron chi connectivity index (χ4n) is 0.977. The summed E-state index contributed by atoms with van der Waals surface area (Å²) in [6.07, 6.45) is 1.13. The number of thiocarbonyl (C=S) groups is 1. The lowest BCUT2D eigenvalue weighted by Crippen LogP contribution is -2.20. The second-order valence-electron chi connectivity index (χ2n) is 2.73. The Bertz CT molecular complexity index is 273. The number of ether oxygens (including phenoxy) is 2. The summed E-state index contributed by atoms with van der Waals surface area (Å²) < 4.78 is 8.97. The zero-order chi connectivity index (χ0) is 11.7. The van der Waals surface area contributed by atoms with Crippen molar-refractivity contribution in [2.75, 3.05) is 14.2 Å². The highest BCUT2D eigenvalue weighted by Crippen LogP contribution is 2.06. The van der Waals surface area contributed by atoms with Gasteiger partial charge in [-0.3, -0.25) is 4.79 Å². The van der Waals surface area contributed by atoms with E-state index >= 15 is 0 Å². The summed E-state index contributed by atoms with van der Waals surface area (Å²) in [7, 11) is 2.59. The van der Waals surface area contributed by atoms with E-state index in [2.05, 4.69) is 31.8 Å². The molecule has 84 valence electrons. The minimum Gasteiger partial charge on any atom is -0.469 e. The Morgan fingerprint density at radius 1 is 1.40 bits per heavy atom. The second kappa shape index (κ2) is 8.08. The monoisotopic (exact) mass is 231 g/mol. The molecule has 0 bridgehead atoms. The fourth-order valence-corrected chi connectivity index (χ4v) is 1.10. The SMILES string of the molecule is COC(=O)CCC[C@@H](N=C=S)C(=O)OC. The predicted octanol–water partition coefficient (Wildman–Crippen LogP) is 0.974. The summed E-state index contributed by atoms with van der Waals surface area (Å²) in [5.41, 5.74) is 0. The summed E-state index contributed by atoms with van der Waals surface area (Å²) in [6, 6.07) is -0.669. The molecule has 6 heteroatoms. The molecule has 0 saturated carbocycles. The molecule has 0 aliphatic rings. The smallest absolute Gasteiger partial charge is 0.331 e. The van der Waals surface area contributed by atoms with Gasteiger partial charge in [0.1, 0.15) is 0 Å². The number of methoxy groups -OCH3 is 2. The van der Waals surface area contributed by atoms with Crippen molar-refractivity contribution < 1.29 is 19.1 Å². The van der Waals surface area contributed by atoms with Crippen LogP contribution in [-0.2, 0) is 19.1 Å². The summed E-state index contributed by atoms with van der Waals surface area (Å²) in [5, 5.41) is 2.13. The van der Waals surface area contributed by atoms with Gasteiger partial charge in [0.2, 0.25) is 0 Å². The van der Waals surface area contributed by atoms with Gasteiger partial charge in [-0.1, -0.05) is 0 Å². The van der Waals surface area contributed by atoms with Crippen molar-refractivity contribution in [1.82, 2.24) is 0 Å². The van der Waals surface area contributed by atoms with Crippen molar-refractivity contribution >= 4 is 29.3 Å². The van der Waals surface area contributed by atoms with Gasteiger partial charge in [-0.2, -0.15) is 0 Å². The van der Waals surface area contributed by atoms with E-state index in [1.54, 1.807) is 0 Å². The van der Waals surface area contributed by atoms with Gasteiger partial charge in [0.15, 0.2) is 6.04 Å². The molecule has 0 fully saturated rings. The lowest BCUT2D eigenvalue weighted by atomic mass is 10.1. The zero-order valence-electron chi connectivity index (χ0n) is 8.69. The standard InChI is InChI=1S/C9H13NO4S/c1-13-8(11)5-3-4-7(10-6-15)9(12)14-2/h7H,3-5H2,1-2H3/t7-/m1/s1. The number of aliphatic imine (C=N–C) groups is 1. The number of isothiocyanates is 1. The first-order valence-corrected chi connectivity index (χ1v) is 4.78. The highest BCUT2D eigenvalue weighted by molar-refractivity contribution is 7.78. The average Bonchev–Trinajstić information content (AvgIpc) is 2.26. The first-order valence-electron chi connectivity index (χ1n) is 4.37. The molecule has 0 heterocycles. The Morgan fingerprint density at radius 3 is 2.53 bits per heavy atom. The van der Waals surface area contributed by atoms with Crippen LogP contribution in [0.2, 0.25) is 0 Å². The summed E-state index contributed by atoms with van der Waals surface area (Å²) in [4.78, 5) is 25.6. The van der Waals surface area contributed by atoms with Crippen LogP contribution in [0.5, 0.6) is 0 Å². The van der Waals surface area contributed by atoms with E-state index in [1.807, 2.05) is 0 Å². The van der Waals surface area contributed by atoms with Crippen LogP contribution in [0, 0.1) is 0 Å². The van der Waals surface area contributed by atoms with Crippen LogP contribution in [0.15, 0.2) is 4.99 Å². The molecule has 0 saturated heterocycles. The molecule has 0 aromatic rings. The largest absolute Gasteiger partial charge is 0.469 e. The van der Waals surface area contributed by atoms with Crippen molar-refractivity contribution in [3.8, 4) is 0 Å². The maximum Gasteiger partial charge on any atom is 0.331 e. The van der Waals surface area contributed by atoms with E-state index in [0.717, 1.165) is 0 Å². The summed E-state index contributed by atoms with van der Waals surface area (Å²) in [6.45, 7) is 0. The van der Waals surface area contributed by atoms with E-state index in [-0.39, 0.29) is 12.4 Å². The van der Waals surface area contributed by atoms with Crippen molar-refractivity contribution in [2.24, 2.45) is 4.99 Å². The van der Waals surface area contributed by atoms with Crippen LogP contribution < -0.4 is 0 Å². The van der Waals surface area contributed by atoms with Crippen LogP contribution in [0.1, 0.15) is 19.3 Å². The number of rotatable bonds is 6. The molecule has 0 aromatic carbocycles. The average molecular weight is 231 g/mol. The fraction of sp³-hybridized carbons (Fsp3) is 0.667.